The van der Waals surface area contributed by atoms with Gasteiger partial charge in [-0.15, -0.1) is 0 Å². The monoisotopic (exact) mass is 535 g/mol. The Kier molecular flexibility index (Phi) is 5.19. The molecule has 0 atom stereocenters. The lowest BCUT2D eigenvalue weighted by Crippen LogP contribution is -2.05. The second kappa shape index (κ2) is 9.20. The zero-order valence-electron chi connectivity index (χ0n) is 22.4. The molecule has 5 aromatic carbocycles. The third kappa shape index (κ3) is 3.26. The van der Waals surface area contributed by atoms with Crippen LogP contribution in [0.15, 0.2) is 128 Å². The third-order valence-electron chi connectivity index (χ3n) is 8.10. The molecule has 0 N–H and O–H groups in total. The molecule has 8 aromatic rings. The van der Waals surface area contributed by atoms with Gasteiger partial charge in [-0.05, 0) is 36.4 Å². The van der Waals surface area contributed by atoms with Crippen molar-refractivity contribution in [1.29, 1.82) is 10.5 Å². The number of hydrogen-bond donors (Lipinski definition) is 0. The summed E-state index contributed by atoms with van der Waals surface area (Å²) in [6, 6.07) is 43.7. The first kappa shape index (κ1) is 23.7. The fraction of sp³-hybridized carbons (Fsp3) is 0. The quantitative estimate of drug-likeness (QED) is 0.227. The minimum Gasteiger partial charge on any atom is -0.309 e. The van der Waals surface area contributed by atoms with E-state index >= 15 is 0 Å². The molecule has 0 aliphatic rings. The maximum Gasteiger partial charge on any atom is 0.101 e. The van der Waals surface area contributed by atoms with Gasteiger partial charge in [-0.1, -0.05) is 78.9 Å². The minimum absolute atomic E-state index is 0.402. The van der Waals surface area contributed by atoms with E-state index in [-0.39, 0.29) is 0 Å². The van der Waals surface area contributed by atoms with Crippen molar-refractivity contribution >= 4 is 43.6 Å². The molecule has 3 aromatic heterocycles. The Hall–Kier alpha value is -6.17. The highest BCUT2D eigenvalue weighted by atomic mass is 15.0. The predicted octanol–water partition coefficient (Wildman–Crippen LogP) is 8.69. The van der Waals surface area contributed by atoms with E-state index < -0.39 is 0 Å². The van der Waals surface area contributed by atoms with E-state index in [9.17, 15) is 10.5 Å². The Labute approximate surface area is 241 Å². The van der Waals surface area contributed by atoms with E-state index in [1.165, 1.54) is 0 Å². The van der Waals surface area contributed by atoms with Crippen molar-refractivity contribution in [2.24, 2.45) is 0 Å². The molecule has 0 unspecified atom stereocenters. The molecule has 5 nitrogen and oxygen atoms in total. The Bertz CT molecular complexity index is 2170. The molecule has 0 fully saturated rings. The lowest BCUT2D eigenvalue weighted by atomic mass is 9.93. The van der Waals surface area contributed by atoms with Crippen LogP contribution in [0.3, 0.4) is 0 Å². The lowest BCUT2D eigenvalue weighted by molar-refractivity contribution is 1.13. The van der Waals surface area contributed by atoms with Crippen molar-refractivity contribution in [3.63, 3.8) is 0 Å². The topological polar surface area (TPSA) is 70.3 Å². The first-order valence-electron chi connectivity index (χ1n) is 13.7. The highest BCUT2D eigenvalue weighted by molar-refractivity contribution is 6.11. The van der Waals surface area contributed by atoms with E-state index in [1.54, 1.807) is 12.4 Å². The Morgan fingerprint density at radius 2 is 0.857 bits per heavy atom. The van der Waals surface area contributed by atoms with E-state index in [0.717, 1.165) is 55.0 Å². The summed E-state index contributed by atoms with van der Waals surface area (Å²) in [7, 11) is 0. The summed E-state index contributed by atoms with van der Waals surface area (Å²) in [5, 5.41) is 25.4. The van der Waals surface area contributed by atoms with Crippen LogP contribution in [-0.4, -0.2) is 14.1 Å². The predicted molar refractivity (Wildman–Crippen MR) is 168 cm³/mol. The summed E-state index contributed by atoms with van der Waals surface area (Å²) in [4.78, 5) is 4.53. The Balaban J connectivity index is 1.56. The third-order valence-corrected chi connectivity index (χ3v) is 8.10. The molecular formula is C37H21N5. The van der Waals surface area contributed by atoms with Crippen molar-refractivity contribution in [3.05, 3.63) is 139 Å². The summed E-state index contributed by atoms with van der Waals surface area (Å²) >= 11 is 0. The SMILES string of the molecule is N#Cc1cccc(-n2c3ccccc3c3ccccc32)c1-c1c(C#N)cncc1-n1c2ccccc2c2ccccc21. The number of para-hydroxylation sites is 4. The second-order valence-electron chi connectivity index (χ2n) is 10.2. The van der Waals surface area contributed by atoms with Gasteiger partial charge in [0.05, 0.1) is 56.8 Å². The number of rotatable bonds is 3. The summed E-state index contributed by atoms with van der Waals surface area (Å²) in [5.41, 5.74) is 7.90. The number of pyridine rings is 1. The van der Waals surface area contributed by atoms with Gasteiger partial charge in [0.15, 0.2) is 0 Å². The number of aromatic nitrogens is 3. The van der Waals surface area contributed by atoms with Gasteiger partial charge >= 0.3 is 0 Å². The largest absolute Gasteiger partial charge is 0.309 e. The molecule has 0 saturated carbocycles. The summed E-state index contributed by atoms with van der Waals surface area (Å²) < 4.78 is 4.37. The maximum absolute atomic E-state index is 10.5. The minimum atomic E-state index is 0.402. The molecular weight excluding hydrogens is 514 g/mol. The first-order chi connectivity index (χ1) is 20.8. The average molecular weight is 536 g/mol. The molecule has 0 aliphatic carbocycles. The van der Waals surface area contributed by atoms with Crippen LogP contribution in [0.4, 0.5) is 0 Å². The van der Waals surface area contributed by atoms with E-state index in [4.69, 9.17) is 0 Å². The highest BCUT2D eigenvalue weighted by Crippen LogP contribution is 2.42. The van der Waals surface area contributed by atoms with Crippen molar-refractivity contribution in [3.8, 4) is 34.6 Å². The van der Waals surface area contributed by atoms with Gasteiger partial charge in [0.1, 0.15) is 6.07 Å². The number of benzene rings is 5. The van der Waals surface area contributed by atoms with Crippen LogP contribution in [-0.2, 0) is 0 Å². The molecule has 3 heterocycles. The average Bonchev–Trinajstić information content (AvgIpc) is 3.57. The molecule has 194 valence electrons. The van der Waals surface area contributed by atoms with Crippen LogP contribution in [0.2, 0.25) is 0 Å². The van der Waals surface area contributed by atoms with Crippen molar-refractivity contribution < 1.29 is 0 Å². The van der Waals surface area contributed by atoms with Gasteiger partial charge in [-0.3, -0.25) is 4.98 Å². The molecule has 42 heavy (non-hydrogen) atoms. The number of hydrogen-bond acceptors (Lipinski definition) is 3. The summed E-state index contributed by atoms with van der Waals surface area (Å²) in [5.74, 6) is 0. The number of fused-ring (bicyclic) bond motifs is 6. The fourth-order valence-electron chi connectivity index (χ4n) is 6.41. The summed E-state index contributed by atoms with van der Waals surface area (Å²) in [6.07, 6.45) is 3.40. The van der Waals surface area contributed by atoms with E-state index in [2.05, 4.69) is 74.8 Å². The molecule has 0 radical (unpaired) electrons. The van der Waals surface area contributed by atoms with Gasteiger partial charge in [0, 0.05) is 38.9 Å². The zero-order valence-corrected chi connectivity index (χ0v) is 22.4. The smallest absolute Gasteiger partial charge is 0.101 e. The van der Waals surface area contributed by atoms with Gasteiger partial charge in [0.25, 0.3) is 0 Å². The molecule has 0 saturated heterocycles. The maximum atomic E-state index is 10.5. The van der Waals surface area contributed by atoms with Crippen molar-refractivity contribution in [2.45, 2.75) is 0 Å². The second-order valence-corrected chi connectivity index (χ2v) is 10.2. The number of nitrogens with zero attached hydrogens (tertiary/aromatic N) is 5. The van der Waals surface area contributed by atoms with Crippen LogP contribution < -0.4 is 0 Å². The Morgan fingerprint density at radius 3 is 1.33 bits per heavy atom. The molecule has 0 aliphatic heterocycles. The summed E-state index contributed by atoms with van der Waals surface area (Å²) in [6.45, 7) is 0. The van der Waals surface area contributed by atoms with Crippen molar-refractivity contribution in [1.82, 2.24) is 14.1 Å². The first-order valence-corrected chi connectivity index (χ1v) is 13.7. The molecule has 0 bridgehead atoms. The molecule has 0 amide bonds. The molecule has 0 spiro atoms. The number of nitriles is 2. The lowest BCUT2D eigenvalue weighted by Gasteiger charge is -2.20. The van der Waals surface area contributed by atoms with Crippen LogP contribution in [0.25, 0.3) is 66.1 Å². The molecule has 5 heteroatoms. The van der Waals surface area contributed by atoms with E-state index in [1.807, 2.05) is 66.7 Å². The molecule has 8 rings (SSSR count). The zero-order chi connectivity index (χ0) is 28.2. The van der Waals surface area contributed by atoms with Crippen molar-refractivity contribution in [2.75, 3.05) is 0 Å². The van der Waals surface area contributed by atoms with Gasteiger partial charge in [0.2, 0.25) is 0 Å². The fourth-order valence-corrected chi connectivity index (χ4v) is 6.41. The van der Waals surface area contributed by atoms with Gasteiger partial charge in [-0.25, -0.2) is 0 Å². The van der Waals surface area contributed by atoms with Crippen LogP contribution in [0, 0.1) is 22.7 Å². The Morgan fingerprint density at radius 1 is 0.429 bits per heavy atom. The standard InChI is InChI=1S/C37H21N5/c38-20-24-10-9-19-34(41-30-15-5-1-11-26(30)27-12-2-6-16-31(27)41)36(24)37-25(21-39)22-40-23-35(37)42-32-17-7-3-13-28(32)29-14-4-8-18-33(29)42/h1-19,22-23H. The normalized spacial score (nSPS) is 11.3. The van der Waals surface area contributed by atoms with Crippen LogP contribution in [0.1, 0.15) is 11.1 Å². The van der Waals surface area contributed by atoms with Crippen LogP contribution >= 0.6 is 0 Å². The van der Waals surface area contributed by atoms with Gasteiger partial charge in [-0.2, -0.15) is 10.5 Å². The van der Waals surface area contributed by atoms with Crippen LogP contribution in [0.5, 0.6) is 0 Å². The van der Waals surface area contributed by atoms with Gasteiger partial charge < -0.3 is 9.13 Å². The van der Waals surface area contributed by atoms with E-state index in [0.29, 0.717) is 22.3 Å². The highest BCUT2D eigenvalue weighted by Gasteiger charge is 2.24.